The maximum Gasteiger partial charge on any atom is 0.232 e. The minimum atomic E-state index is -3.58. The van der Waals surface area contributed by atoms with Crippen molar-refractivity contribution in [1.29, 1.82) is 0 Å². The summed E-state index contributed by atoms with van der Waals surface area (Å²) in [5, 5.41) is 10.7. The van der Waals surface area contributed by atoms with Crippen LogP contribution in [0.1, 0.15) is 25.5 Å². The zero-order valence-corrected chi connectivity index (χ0v) is 20.1. The summed E-state index contributed by atoms with van der Waals surface area (Å²) in [6.45, 7) is 7.90. The summed E-state index contributed by atoms with van der Waals surface area (Å²) in [5.74, 6) is 0.783. The third-order valence-corrected chi connectivity index (χ3v) is 6.28. The SMILES string of the molecule is C=Cc1cnc(Nc2cnn(C(C)C)c2)nc1Nc1ccc2nccnc2c1N(C)S(C)(=O)=O. The maximum absolute atomic E-state index is 12.4. The number of anilines is 5. The summed E-state index contributed by atoms with van der Waals surface area (Å²) in [5.41, 5.74) is 3.22. The van der Waals surface area contributed by atoms with Crippen LogP contribution in [0.15, 0.2) is 49.7 Å². The number of hydrogen-bond donors (Lipinski definition) is 2. The van der Waals surface area contributed by atoms with Gasteiger partial charge in [-0.3, -0.25) is 19.0 Å². The number of benzene rings is 1. The third-order valence-electron chi connectivity index (χ3n) is 5.10. The Morgan fingerprint density at radius 2 is 1.88 bits per heavy atom. The number of nitrogens with zero attached hydrogens (tertiary/aromatic N) is 7. The van der Waals surface area contributed by atoms with E-state index in [1.165, 1.54) is 17.5 Å². The summed E-state index contributed by atoms with van der Waals surface area (Å²) in [4.78, 5) is 17.6. The second kappa shape index (κ2) is 9.06. The Balaban J connectivity index is 1.76. The van der Waals surface area contributed by atoms with Crippen LogP contribution in [0, 0.1) is 0 Å². The van der Waals surface area contributed by atoms with E-state index >= 15 is 0 Å². The Bertz CT molecular complexity index is 1460. The fourth-order valence-electron chi connectivity index (χ4n) is 3.25. The Hall–Kier alpha value is -4.06. The van der Waals surface area contributed by atoms with Crippen LogP contribution < -0.4 is 14.9 Å². The monoisotopic (exact) mass is 479 g/mol. The first-order valence-electron chi connectivity index (χ1n) is 10.4. The molecule has 4 aromatic rings. The predicted octanol–water partition coefficient (Wildman–Crippen LogP) is 3.72. The summed E-state index contributed by atoms with van der Waals surface area (Å²) in [6, 6.07) is 3.72. The molecule has 0 amide bonds. The van der Waals surface area contributed by atoms with Crippen molar-refractivity contribution in [2.75, 3.05) is 28.2 Å². The highest BCUT2D eigenvalue weighted by atomic mass is 32.2. The van der Waals surface area contributed by atoms with Gasteiger partial charge in [0, 0.05) is 43.4 Å². The van der Waals surface area contributed by atoms with Gasteiger partial charge in [0.1, 0.15) is 17.0 Å². The van der Waals surface area contributed by atoms with Crippen molar-refractivity contribution in [2.24, 2.45) is 0 Å². The molecular formula is C22H25N9O2S. The zero-order chi connectivity index (χ0) is 24.5. The molecule has 0 aliphatic heterocycles. The van der Waals surface area contributed by atoms with Crippen LogP contribution in [-0.2, 0) is 10.0 Å². The first-order chi connectivity index (χ1) is 16.2. The normalized spacial score (nSPS) is 11.6. The van der Waals surface area contributed by atoms with Crippen molar-refractivity contribution in [3.63, 3.8) is 0 Å². The average molecular weight is 480 g/mol. The Morgan fingerprint density at radius 1 is 1.12 bits per heavy atom. The van der Waals surface area contributed by atoms with Crippen LogP contribution in [0.2, 0.25) is 0 Å². The Labute approximate surface area is 197 Å². The smallest absolute Gasteiger partial charge is 0.232 e. The van der Waals surface area contributed by atoms with Gasteiger partial charge in [0.25, 0.3) is 0 Å². The van der Waals surface area contributed by atoms with E-state index in [0.717, 1.165) is 11.9 Å². The first-order valence-corrected chi connectivity index (χ1v) is 12.3. The van der Waals surface area contributed by atoms with Crippen molar-refractivity contribution in [3.8, 4) is 0 Å². The van der Waals surface area contributed by atoms with Crippen LogP contribution in [0.3, 0.4) is 0 Å². The molecule has 0 radical (unpaired) electrons. The molecule has 1 aromatic carbocycles. The van der Waals surface area contributed by atoms with Crippen LogP contribution in [-0.4, -0.2) is 51.4 Å². The summed E-state index contributed by atoms with van der Waals surface area (Å²) in [7, 11) is -2.11. The van der Waals surface area contributed by atoms with E-state index in [4.69, 9.17) is 0 Å². The van der Waals surface area contributed by atoms with Crippen molar-refractivity contribution < 1.29 is 8.42 Å². The van der Waals surface area contributed by atoms with E-state index in [1.807, 2.05) is 24.7 Å². The van der Waals surface area contributed by atoms with E-state index in [1.54, 1.807) is 36.8 Å². The quantitative estimate of drug-likeness (QED) is 0.388. The van der Waals surface area contributed by atoms with Crippen LogP contribution in [0.4, 0.5) is 28.8 Å². The van der Waals surface area contributed by atoms with Crippen LogP contribution in [0.25, 0.3) is 17.1 Å². The number of hydrogen-bond acceptors (Lipinski definition) is 9. The summed E-state index contributed by atoms with van der Waals surface area (Å²) >= 11 is 0. The molecular weight excluding hydrogens is 454 g/mol. The lowest BCUT2D eigenvalue weighted by Gasteiger charge is -2.22. The molecule has 2 N–H and O–H groups in total. The zero-order valence-electron chi connectivity index (χ0n) is 19.3. The molecule has 0 unspecified atom stereocenters. The average Bonchev–Trinajstić information content (AvgIpc) is 3.27. The highest BCUT2D eigenvalue weighted by molar-refractivity contribution is 7.92. The molecule has 176 valence electrons. The molecule has 34 heavy (non-hydrogen) atoms. The standard InChI is InChI=1S/C22H25N9O2S/c1-6-15-11-25-22(27-16-12-26-31(13-16)14(2)3)29-21(15)28-18-8-7-17-19(24-10-9-23-17)20(18)30(4)34(5,32)33/h6-14H,1H2,2-5H3,(H2,25,27,28,29). The van der Waals surface area contributed by atoms with Gasteiger partial charge in [-0.05, 0) is 26.0 Å². The second-order valence-corrected chi connectivity index (χ2v) is 9.88. The minimum absolute atomic E-state index is 0.220. The molecule has 3 heterocycles. The van der Waals surface area contributed by atoms with Gasteiger partial charge < -0.3 is 10.6 Å². The van der Waals surface area contributed by atoms with Gasteiger partial charge in [-0.25, -0.2) is 13.4 Å². The number of rotatable bonds is 8. The van der Waals surface area contributed by atoms with Gasteiger partial charge >= 0.3 is 0 Å². The number of fused-ring (bicyclic) bond motifs is 1. The van der Waals surface area contributed by atoms with Crippen molar-refractivity contribution in [1.82, 2.24) is 29.7 Å². The summed E-state index contributed by atoms with van der Waals surface area (Å²) in [6.07, 6.45) is 11.0. The molecule has 11 nitrogen and oxygen atoms in total. The van der Waals surface area contributed by atoms with E-state index in [0.29, 0.717) is 39.7 Å². The van der Waals surface area contributed by atoms with Crippen molar-refractivity contribution in [3.05, 3.63) is 55.3 Å². The number of sulfonamides is 1. The molecule has 0 bridgehead atoms. The van der Waals surface area contributed by atoms with Crippen LogP contribution in [0.5, 0.6) is 0 Å². The molecule has 0 aliphatic rings. The highest BCUT2D eigenvalue weighted by Gasteiger charge is 2.21. The highest BCUT2D eigenvalue weighted by Crippen LogP contribution is 2.35. The molecule has 0 spiro atoms. The van der Waals surface area contributed by atoms with Gasteiger partial charge in [-0.2, -0.15) is 10.1 Å². The maximum atomic E-state index is 12.4. The topological polar surface area (TPSA) is 131 Å². The molecule has 0 saturated carbocycles. The Morgan fingerprint density at radius 3 is 2.56 bits per heavy atom. The molecule has 0 aliphatic carbocycles. The summed E-state index contributed by atoms with van der Waals surface area (Å²) < 4.78 is 27.8. The minimum Gasteiger partial charge on any atom is -0.338 e. The molecule has 4 rings (SSSR count). The second-order valence-electron chi connectivity index (χ2n) is 7.87. The number of nitrogens with one attached hydrogen (secondary N) is 2. The van der Waals surface area contributed by atoms with Crippen molar-refractivity contribution in [2.45, 2.75) is 19.9 Å². The van der Waals surface area contributed by atoms with E-state index in [-0.39, 0.29) is 6.04 Å². The molecule has 12 heteroatoms. The third kappa shape index (κ3) is 4.66. The van der Waals surface area contributed by atoms with Gasteiger partial charge in [0.05, 0.1) is 29.3 Å². The van der Waals surface area contributed by atoms with Gasteiger partial charge in [-0.1, -0.05) is 12.7 Å². The molecule has 3 aromatic heterocycles. The van der Waals surface area contributed by atoms with Gasteiger partial charge in [0.2, 0.25) is 16.0 Å². The van der Waals surface area contributed by atoms with Crippen LogP contribution >= 0.6 is 0 Å². The lowest BCUT2D eigenvalue weighted by molar-refractivity contribution is 0.532. The van der Waals surface area contributed by atoms with Gasteiger partial charge in [-0.15, -0.1) is 0 Å². The molecule has 0 fully saturated rings. The lowest BCUT2D eigenvalue weighted by Crippen LogP contribution is -2.26. The fraction of sp³-hybridized carbons (Fsp3) is 0.227. The molecule has 0 atom stereocenters. The molecule has 0 saturated heterocycles. The van der Waals surface area contributed by atoms with E-state index in [2.05, 4.69) is 42.2 Å². The van der Waals surface area contributed by atoms with Crippen molar-refractivity contribution >= 4 is 56.0 Å². The first kappa shape index (κ1) is 23.1. The fourth-order valence-corrected chi connectivity index (χ4v) is 3.77. The lowest BCUT2D eigenvalue weighted by atomic mass is 10.2. The predicted molar refractivity (Wildman–Crippen MR) is 134 cm³/mol. The van der Waals surface area contributed by atoms with E-state index in [9.17, 15) is 8.42 Å². The Kier molecular flexibility index (Phi) is 6.16. The number of aromatic nitrogens is 6. The van der Waals surface area contributed by atoms with Gasteiger partial charge in [0.15, 0.2) is 0 Å². The van der Waals surface area contributed by atoms with E-state index < -0.39 is 10.0 Å². The largest absolute Gasteiger partial charge is 0.338 e.